The molecule has 0 radical (unpaired) electrons. The van der Waals surface area contributed by atoms with Crippen LogP contribution in [0, 0.1) is 13.8 Å². The highest BCUT2D eigenvalue weighted by Crippen LogP contribution is 2.21. The van der Waals surface area contributed by atoms with Crippen molar-refractivity contribution in [3.05, 3.63) is 52.2 Å². The monoisotopic (exact) mass is 334 g/mol. The van der Waals surface area contributed by atoms with E-state index in [9.17, 15) is 8.42 Å². The third kappa shape index (κ3) is 2.93. The maximum atomic E-state index is 12.6. The van der Waals surface area contributed by atoms with Crippen molar-refractivity contribution in [3.63, 3.8) is 0 Å². The minimum Gasteiger partial charge on any atom is -0.291 e. The fourth-order valence-corrected chi connectivity index (χ4v) is 4.52. The Hall–Kier alpha value is -2.06. The fourth-order valence-electron chi connectivity index (χ4n) is 2.12. The van der Waals surface area contributed by atoms with Gasteiger partial charge in [0.15, 0.2) is 0 Å². The van der Waals surface area contributed by atoms with Gasteiger partial charge in [-0.15, -0.1) is 21.5 Å². The molecule has 6 nitrogen and oxygen atoms in total. The van der Waals surface area contributed by atoms with Gasteiger partial charge in [0.05, 0.1) is 0 Å². The summed E-state index contributed by atoms with van der Waals surface area (Å²) in [5.74, 6) is -0.193. The molecule has 0 aliphatic heterocycles. The Morgan fingerprint density at radius 1 is 1.23 bits per heavy atom. The van der Waals surface area contributed by atoms with Crippen molar-refractivity contribution in [1.82, 2.24) is 19.7 Å². The summed E-state index contributed by atoms with van der Waals surface area (Å²) in [4.78, 5) is 4.03. The second-order valence-corrected chi connectivity index (χ2v) is 8.04. The molecule has 2 aromatic heterocycles. The fraction of sp³-hybridized carbons (Fsp3) is 0.214. The molecule has 22 heavy (non-hydrogen) atoms. The van der Waals surface area contributed by atoms with Crippen molar-refractivity contribution in [3.8, 4) is 5.69 Å². The summed E-state index contributed by atoms with van der Waals surface area (Å²) in [6.45, 7) is 3.75. The predicted molar refractivity (Wildman–Crippen MR) is 83.8 cm³/mol. The summed E-state index contributed by atoms with van der Waals surface area (Å²) in [5, 5.41) is 8.96. The first kappa shape index (κ1) is 14.9. The van der Waals surface area contributed by atoms with Crippen LogP contribution in [0.1, 0.15) is 15.6 Å². The van der Waals surface area contributed by atoms with Gasteiger partial charge < -0.3 is 0 Å². The molecule has 114 valence electrons. The first-order valence-electron chi connectivity index (χ1n) is 6.58. The summed E-state index contributed by atoms with van der Waals surface area (Å²) in [5.41, 5.74) is 1.82. The number of hydrogen-bond donors (Lipinski definition) is 0. The molecule has 1 aromatic carbocycles. The molecule has 3 aromatic rings. The third-order valence-corrected chi connectivity index (χ3v) is 5.58. The van der Waals surface area contributed by atoms with E-state index in [2.05, 4.69) is 15.2 Å². The number of benzene rings is 1. The Labute approximate surface area is 132 Å². The molecule has 0 spiro atoms. The normalized spacial score (nSPS) is 11.7. The van der Waals surface area contributed by atoms with E-state index >= 15 is 0 Å². The zero-order chi connectivity index (χ0) is 15.7. The highest BCUT2D eigenvalue weighted by atomic mass is 32.2. The second-order valence-electron chi connectivity index (χ2n) is 4.89. The Kier molecular flexibility index (Phi) is 3.79. The van der Waals surface area contributed by atoms with E-state index < -0.39 is 9.84 Å². The highest BCUT2D eigenvalue weighted by molar-refractivity contribution is 7.90. The van der Waals surface area contributed by atoms with Crippen molar-refractivity contribution < 1.29 is 8.42 Å². The largest absolute Gasteiger partial charge is 0.291 e. The molecule has 3 rings (SSSR count). The average Bonchev–Trinajstić information content (AvgIpc) is 3.08. The van der Waals surface area contributed by atoms with Crippen LogP contribution in [0.25, 0.3) is 5.69 Å². The number of imidazole rings is 1. The number of aromatic nitrogens is 4. The SMILES string of the molecule is Cc1cccc(-n2ccnc2S(=O)(=O)Cc2nnc(C)s2)c1. The van der Waals surface area contributed by atoms with E-state index in [1.54, 1.807) is 17.7 Å². The maximum Gasteiger partial charge on any atom is 0.232 e. The lowest BCUT2D eigenvalue weighted by Crippen LogP contribution is -2.12. The van der Waals surface area contributed by atoms with Gasteiger partial charge in [-0.1, -0.05) is 12.1 Å². The van der Waals surface area contributed by atoms with Crippen LogP contribution in [0.4, 0.5) is 0 Å². The molecule has 8 heteroatoms. The van der Waals surface area contributed by atoms with Crippen LogP contribution < -0.4 is 0 Å². The number of sulfone groups is 1. The molecule has 0 amide bonds. The minimum atomic E-state index is -3.59. The van der Waals surface area contributed by atoms with E-state index in [-0.39, 0.29) is 10.9 Å². The van der Waals surface area contributed by atoms with Crippen LogP contribution in [-0.2, 0) is 15.6 Å². The van der Waals surface area contributed by atoms with Gasteiger partial charge in [-0.3, -0.25) is 4.57 Å². The first-order valence-corrected chi connectivity index (χ1v) is 9.05. The van der Waals surface area contributed by atoms with Crippen LogP contribution >= 0.6 is 11.3 Å². The molecule has 0 unspecified atom stereocenters. The van der Waals surface area contributed by atoms with Crippen LogP contribution in [0.15, 0.2) is 41.8 Å². The zero-order valence-corrected chi connectivity index (χ0v) is 13.7. The van der Waals surface area contributed by atoms with Gasteiger partial charge in [-0.2, -0.15) is 0 Å². The number of rotatable bonds is 4. The van der Waals surface area contributed by atoms with Gasteiger partial charge >= 0.3 is 0 Å². The lowest BCUT2D eigenvalue weighted by Gasteiger charge is -2.08. The van der Waals surface area contributed by atoms with Crippen molar-refractivity contribution in [2.45, 2.75) is 24.8 Å². The van der Waals surface area contributed by atoms with E-state index in [1.807, 2.05) is 31.2 Å². The van der Waals surface area contributed by atoms with E-state index in [0.717, 1.165) is 16.3 Å². The Balaban J connectivity index is 2.00. The quantitative estimate of drug-likeness (QED) is 0.732. The summed E-state index contributed by atoms with van der Waals surface area (Å²) < 4.78 is 26.8. The summed E-state index contributed by atoms with van der Waals surface area (Å²) >= 11 is 1.28. The molecular weight excluding hydrogens is 320 g/mol. The molecule has 0 fully saturated rings. The standard InChI is InChI=1S/C14H14N4O2S2/c1-10-4-3-5-12(8-10)18-7-6-15-14(18)22(19,20)9-13-17-16-11(2)21-13/h3-8H,9H2,1-2H3. The van der Waals surface area contributed by atoms with Crippen LogP contribution in [0.3, 0.4) is 0 Å². The smallest absolute Gasteiger partial charge is 0.232 e. The Morgan fingerprint density at radius 3 is 2.73 bits per heavy atom. The molecule has 0 saturated heterocycles. The van der Waals surface area contributed by atoms with Gasteiger partial charge in [0.2, 0.25) is 15.0 Å². The lowest BCUT2D eigenvalue weighted by atomic mass is 10.2. The summed E-state index contributed by atoms with van der Waals surface area (Å²) in [7, 11) is -3.59. The minimum absolute atomic E-state index is 0.0194. The summed E-state index contributed by atoms with van der Waals surface area (Å²) in [6, 6.07) is 7.60. The van der Waals surface area contributed by atoms with Crippen molar-refractivity contribution in [1.29, 1.82) is 0 Å². The van der Waals surface area contributed by atoms with Crippen LogP contribution in [0.2, 0.25) is 0 Å². The van der Waals surface area contributed by atoms with E-state index in [0.29, 0.717) is 5.01 Å². The maximum absolute atomic E-state index is 12.6. The van der Waals surface area contributed by atoms with Gasteiger partial charge in [-0.05, 0) is 31.5 Å². The number of nitrogens with zero attached hydrogens (tertiary/aromatic N) is 4. The molecule has 2 heterocycles. The molecule has 0 aliphatic rings. The molecular formula is C14H14N4O2S2. The Morgan fingerprint density at radius 2 is 2.05 bits per heavy atom. The van der Waals surface area contributed by atoms with Gasteiger partial charge in [0.25, 0.3) is 0 Å². The van der Waals surface area contributed by atoms with Gasteiger partial charge in [0.1, 0.15) is 15.8 Å². The van der Waals surface area contributed by atoms with Crippen molar-refractivity contribution in [2.24, 2.45) is 0 Å². The highest BCUT2D eigenvalue weighted by Gasteiger charge is 2.23. The van der Waals surface area contributed by atoms with E-state index in [1.165, 1.54) is 17.5 Å². The van der Waals surface area contributed by atoms with Crippen LogP contribution in [0.5, 0.6) is 0 Å². The number of hydrogen-bond acceptors (Lipinski definition) is 6. The van der Waals surface area contributed by atoms with Crippen LogP contribution in [-0.4, -0.2) is 28.2 Å². The molecule has 0 aliphatic carbocycles. The lowest BCUT2D eigenvalue weighted by molar-refractivity contribution is 0.583. The first-order chi connectivity index (χ1) is 10.5. The third-order valence-electron chi connectivity index (χ3n) is 3.05. The Bertz CT molecular complexity index is 912. The molecule has 0 atom stereocenters. The number of aryl methyl sites for hydroxylation is 2. The molecule has 0 saturated carbocycles. The van der Waals surface area contributed by atoms with Crippen molar-refractivity contribution in [2.75, 3.05) is 0 Å². The predicted octanol–water partition coefficient (Wildman–Crippen LogP) is 2.31. The molecule has 0 N–H and O–H groups in total. The summed E-state index contributed by atoms with van der Waals surface area (Å²) in [6.07, 6.45) is 3.13. The van der Waals surface area contributed by atoms with Gasteiger partial charge in [-0.25, -0.2) is 13.4 Å². The second kappa shape index (κ2) is 5.62. The van der Waals surface area contributed by atoms with E-state index in [4.69, 9.17) is 0 Å². The average molecular weight is 334 g/mol. The topological polar surface area (TPSA) is 77.7 Å². The van der Waals surface area contributed by atoms with Crippen molar-refractivity contribution >= 4 is 21.2 Å². The van der Waals surface area contributed by atoms with Gasteiger partial charge in [0, 0.05) is 18.1 Å². The molecule has 0 bridgehead atoms. The zero-order valence-electron chi connectivity index (χ0n) is 12.1.